The number of carboxylic acids is 1. The fourth-order valence-electron chi connectivity index (χ4n) is 2.38. The number of rotatable bonds is 3. The van der Waals surface area contributed by atoms with Gasteiger partial charge in [0.1, 0.15) is 0 Å². The maximum atomic E-state index is 12.1. The Hall–Kier alpha value is -2.11. The number of likely N-dealkylation sites (tertiary alicyclic amines) is 1. The first-order valence-electron chi connectivity index (χ1n) is 6.66. The van der Waals surface area contributed by atoms with Crippen LogP contribution in [0.25, 0.3) is 0 Å². The molecule has 1 aromatic heterocycles. The first-order valence-corrected chi connectivity index (χ1v) is 6.66. The summed E-state index contributed by atoms with van der Waals surface area (Å²) < 4.78 is 0. The van der Waals surface area contributed by atoms with Crippen LogP contribution in [-0.4, -0.2) is 40.1 Å². The zero-order valence-corrected chi connectivity index (χ0v) is 11.5. The highest BCUT2D eigenvalue weighted by Gasteiger charge is 2.39. The van der Waals surface area contributed by atoms with Crippen LogP contribution in [0.5, 0.6) is 0 Å². The number of aromatic nitrogens is 1. The third kappa shape index (κ3) is 3.26. The summed E-state index contributed by atoms with van der Waals surface area (Å²) in [5, 5.41) is 12.0. The van der Waals surface area contributed by atoms with E-state index in [1.54, 1.807) is 24.2 Å². The molecule has 0 aromatic carbocycles. The summed E-state index contributed by atoms with van der Waals surface area (Å²) in [4.78, 5) is 28.9. The summed E-state index contributed by atoms with van der Waals surface area (Å²) >= 11 is 0. The van der Waals surface area contributed by atoms with Gasteiger partial charge in [0, 0.05) is 32.0 Å². The van der Waals surface area contributed by atoms with Crippen molar-refractivity contribution in [2.24, 2.45) is 5.41 Å². The molecule has 6 nitrogen and oxygen atoms in total. The van der Waals surface area contributed by atoms with Crippen LogP contribution < -0.4 is 5.32 Å². The standard InChI is InChI=1S/C14H19N3O3/c1-14(12(18)19)5-3-7-17(10-14)13(20)16-9-11-4-2-6-15-8-11/h2,4,6,8H,3,5,7,9-10H2,1H3,(H,16,20)(H,18,19). The molecule has 1 aliphatic heterocycles. The van der Waals surface area contributed by atoms with E-state index in [2.05, 4.69) is 10.3 Å². The molecule has 20 heavy (non-hydrogen) atoms. The number of nitrogens with one attached hydrogen (secondary N) is 1. The van der Waals surface area contributed by atoms with Gasteiger partial charge in [-0.05, 0) is 31.4 Å². The van der Waals surface area contributed by atoms with Gasteiger partial charge < -0.3 is 15.3 Å². The Balaban J connectivity index is 1.91. The van der Waals surface area contributed by atoms with Gasteiger partial charge in [0.25, 0.3) is 0 Å². The first kappa shape index (κ1) is 14.3. The molecule has 1 aliphatic rings. The van der Waals surface area contributed by atoms with Gasteiger partial charge in [0.2, 0.25) is 0 Å². The summed E-state index contributed by atoms with van der Waals surface area (Å²) in [6, 6.07) is 3.47. The second-order valence-corrected chi connectivity index (χ2v) is 5.41. The third-order valence-corrected chi connectivity index (χ3v) is 3.67. The van der Waals surface area contributed by atoms with E-state index in [0.29, 0.717) is 25.9 Å². The lowest BCUT2D eigenvalue weighted by molar-refractivity contribution is -0.150. The Morgan fingerprint density at radius 2 is 2.35 bits per heavy atom. The summed E-state index contributed by atoms with van der Waals surface area (Å²) in [5.41, 5.74) is 0.0722. The van der Waals surface area contributed by atoms with Crippen molar-refractivity contribution in [2.75, 3.05) is 13.1 Å². The number of carboxylic acid groups (broad SMARTS) is 1. The Bertz CT molecular complexity index is 492. The molecule has 1 unspecified atom stereocenters. The van der Waals surface area contributed by atoms with Gasteiger partial charge in [0.05, 0.1) is 5.41 Å². The highest BCUT2D eigenvalue weighted by atomic mass is 16.4. The van der Waals surface area contributed by atoms with Gasteiger partial charge in [-0.2, -0.15) is 0 Å². The molecular formula is C14H19N3O3. The van der Waals surface area contributed by atoms with Crippen molar-refractivity contribution in [2.45, 2.75) is 26.3 Å². The smallest absolute Gasteiger partial charge is 0.317 e. The molecule has 0 radical (unpaired) electrons. The van der Waals surface area contributed by atoms with Gasteiger partial charge in [0.15, 0.2) is 0 Å². The van der Waals surface area contributed by atoms with Crippen LogP contribution in [-0.2, 0) is 11.3 Å². The van der Waals surface area contributed by atoms with Crippen molar-refractivity contribution >= 4 is 12.0 Å². The average Bonchev–Trinajstić information content (AvgIpc) is 2.46. The lowest BCUT2D eigenvalue weighted by Crippen LogP contribution is -2.51. The van der Waals surface area contributed by atoms with E-state index in [-0.39, 0.29) is 12.6 Å². The largest absolute Gasteiger partial charge is 0.481 e. The first-order chi connectivity index (χ1) is 9.51. The van der Waals surface area contributed by atoms with Crippen molar-refractivity contribution in [3.8, 4) is 0 Å². The number of amides is 2. The highest BCUT2D eigenvalue weighted by Crippen LogP contribution is 2.29. The van der Waals surface area contributed by atoms with Crippen LogP contribution in [0.2, 0.25) is 0 Å². The molecule has 0 bridgehead atoms. The minimum Gasteiger partial charge on any atom is -0.481 e. The number of pyridine rings is 1. The van der Waals surface area contributed by atoms with Crippen LogP contribution in [0.1, 0.15) is 25.3 Å². The van der Waals surface area contributed by atoms with Crippen LogP contribution in [0, 0.1) is 5.41 Å². The maximum Gasteiger partial charge on any atom is 0.317 e. The lowest BCUT2D eigenvalue weighted by atomic mass is 9.82. The molecule has 108 valence electrons. The molecule has 2 rings (SSSR count). The molecule has 6 heteroatoms. The lowest BCUT2D eigenvalue weighted by Gasteiger charge is -2.37. The molecule has 0 saturated carbocycles. The van der Waals surface area contributed by atoms with E-state index in [0.717, 1.165) is 5.56 Å². The number of urea groups is 1. The molecular weight excluding hydrogens is 258 g/mol. The van der Waals surface area contributed by atoms with Gasteiger partial charge in [-0.25, -0.2) is 4.79 Å². The molecule has 0 spiro atoms. The number of hydrogen-bond donors (Lipinski definition) is 2. The molecule has 1 saturated heterocycles. The van der Waals surface area contributed by atoms with E-state index in [9.17, 15) is 14.7 Å². The SMILES string of the molecule is CC1(C(=O)O)CCCN(C(=O)NCc2cccnc2)C1. The van der Waals surface area contributed by atoms with Gasteiger partial charge in [-0.15, -0.1) is 0 Å². The topological polar surface area (TPSA) is 82.5 Å². The van der Waals surface area contributed by atoms with Gasteiger partial charge in [-0.1, -0.05) is 6.07 Å². The highest BCUT2D eigenvalue weighted by molar-refractivity contribution is 5.78. The number of nitrogens with zero attached hydrogens (tertiary/aromatic N) is 2. The zero-order valence-electron chi connectivity index (χ0n) is 11.5. The number of piperidine rings is 1. The fraction of sp³-hybridized carbons (Fsp3) is 0.500. The fourth-order valence-corrected chi connectivity index (χ4v) is 2.38. The quantitative estimate of drug-likeness (QED) is 0.876. The summed E-state index contributed by atoms with van der Waals surface area (Å²) in [6.07, 6.45) is 4.68. The van der Waals surface area contributed by atoms with Gasteiger partial charge >= 0.3 is 12.0 Å². The average molecular weight is 277 g/mol. The molecule has 1 atom stereocenters. The van der Waals surface area contributed by atoms with E-state index < -0.39 is 11.4 Å². The number of hydrogen-bond acceptors (Lipinski definition) is 3. The monoisotopic (exact) mass is 277 g/mol. The third-order valence-electron chi connectivity index (χ3n) is 3.67. The number of aliphatic carboxylic acids is 1. The molecule has 1 fully saturated rings. The Kier molecular flexibility index (Phi) is 4.22. The van der Waals surface area contributed by atoms with Crippen LogP contribution >= 0.6 is 0 Å². The van der Waals surface area contributed by atoms with Crippen molar-refractivity contribution in [3.05, 3.63) is 30.1 Å². The molecule has 2 amide bonds. The van der Waals surface area contributed by atoms with Crippen LogP contribution in [0.15, 0.2) is 24.5 Å². The second-order valence-electron chi connectivity index (χ2n) is 5.41. The van der Waals surface area contributed by atoms with Crippen molar-refractivity contribution in [1.82, 2.24) is 15.2 Å². The van der Waals surface area contributed by atoms with Crippen molar-refractivity contribution in [1.29, 1.82) is 0 Å². The Morgan fingerprint density at radius 3 is 3.00 bits per heavy atom. The van der Waals surface area contributed by atoms with Crippen LogP contribution in [0.4, 0.5) is 4.79 Å². The summed E-state index contributed by atoms with van der Waals surface area (Å²) in [5.74, 6) is -0.845. The Labute approximate surface area is 117 Å². The molecule has 2 N–H and O–H groups in total. The van der Waals surface area contributed by atoms with Crippen molar-refractivity contribution < 1.29 is 14.7 Å². The maximum absolute atomic E-state index is 12.1. The van der Waals surface area contributed by atoms with E-state index >= 15 is 0 Å². The van der Waals surface area contributed by atoms with E-state index in [4.69, 9.17) is 0 Å². The number of carbonyl (C=O) groups is 2. The van der Waals surface area contributed by atoms with E-state index in [1.165, 1.54) is 0 Å². The Morgan fingerprint density at radius 1 is 1.55 bits per heavy atom. The molecule has 2 heterocycles. The molecule has 0 aliphatic carbocycles. The second kappa shape index (κ2) is 5.90. The van der Waals surface area contributed by atoms with Crippen LogP contribution in [0.3, 0.4) is 0 Å². The number of carbonyl (C=O) groups excluding carboxylic acids is 1. The molecule has 1 aromatic rings. The van der Waals surface area contributed by atoms with Crippen molar-refractivity contribution in [3.63, 3.8) is 0 Å². The summed E-state index contributed by atoms with van der Waals surface area (Å²) in [6.45, 7) is 2.94. The predicted octanol–water partition coefficient (Wildman–Crippen LogP) is 1.48. The summed E-state index contributed by atoms with van der Waals surface area (Å²) in [7, 11) is 0. The predicted molar refractivity (Wildman–Crippen MR) is 73.0 cm³/mol. The van der Waals surface area contributed by atoms with Gasteiger partial charge in [-0.3, -0.25) is 9.78 Å². The van der Waals surface area contributed by atoms with E-state index in [1.807, 2.05) is 12.1 Å². The normalized spacial score (nSPS) is 22.4. The minimum absolute atomic E-state index is 0.221. The minimum atomic E-state index is -0.845. The zero-order chi connectivity index (χ0) is 14.6.